The van der Waals surface area contributed by atoms with Crippen molar-refractivity contribution >= 4 is 22.9 Å². The lowest BCUT2D eigenvalue weighted by atomic mass is 10.1. The van der Waals surface area contributed by atoms with Crippen molar-refractivity contribution in [3.63, 3.8) is 0 Å². The highest BCUT2D eigenvalue weighted by Gasteiger charge is 2.24. The van der Waals surface area contributed by atoms with Gasteiger partial charge in [-0.05, 0) is 43.5 Å². The zero-order chi connectivity index (χ0) is 20.0. The van der Waals surface area contributed by atoms with E-state index >= 15 is 0 Å². The second kappa shape index (κ2) is 6.95. The van der Waals surface area contributed by atoms with Crippen LogP contribution in [0.2, 0.25) is 0 Å². The van der Waals surface area contributed by atoms with Crippen molar-refractivity contribution in [2.45, 2.75) is 19.3 Å². The second-order valence-corrected chi connectivity index (χ2v) is 7.55. The Morgan fingerprint density at radius 3 is 2.72 bits per heavy atom. The van der Waals surface area contributed by atoms with Crippen LogP contribution in [-0.4, -0.2) is 51.2 Å². The molecule has 0 saturated carbocycles. The zero-order valence-electron chi connectivity index (χ0n) is 16.4. The van der Waals surface area contributed by atoms with E-state index < -0.39 is 0 Å². The standard InChI is InChI=1S/C21H23N5O3/c1-23-21(28)26-10-7-16(14-19(26)22-23)25-11-12-29-18-13-15(5-6-17(18)25)20(27)24-8-3-2-4-9-24/h5-7,10,13-14H,2-4,8-9,11-12H2,1H3. The number of ether oxygens (including phenoxy) is 1. The Morgan fingerprint density at radius 1 is 1.07 bits per heavy atom. The van der Waals surface area contributed by atoms with Gasteiger partial charge < -0.3 is 14.5 Å². The number of aromatic nitrogens is 3. The SMILES string of the molecule is Cn1nc2cc(N3CCOc4cc(C(=O)N5CCCCC5)ccc43)ccn2c1=O. The van der Waals surface area contributed by atoms with Crippen molar-refractivity contribution in [1.82, 2.24) is 19.1 Å². The molecule has 8 heteroatoms. The minimum Gasteiger partial charge on any atom is -0.490 e. The van der Waals surface area contributed by atoms with E-state index in [0.717, 1.165) is 37.3 Å². The van der Waals surface area contributed by atoms with Crippen LogP contribution in [0.1, 0.15) is 29.6 Å². The summed E-state index contributed by atoms with van der Waals surface area (Å²) >= 11 is 0. The Kier molecular flexibility index (Phi) is 4.26. The first-order valence-corrected chi connectivity index (χ1v) is 10.0. The molecule has 4 heterocycles. The lowest BCUT2D eigenvalue weighted by molar-refractivity contribution is 0.0724. The summed E-state index contributed by atoms with van der Waals surface area (Å²) in [6.45, 7) is 2.85. The molecule has 2 aromatic heterocycles. The lowest BCUT2D eigenvalue weighted by Crippen LogP contribution is -2.35. The van der Waals surface area contributed by atoms with Gasteiger partial charge in [0.15, 0.2) is 5.65 Å². The van der Waals surface area contributed by atoms with Crippen LogP contribution in [0.5, 0.6) is 5.75 Å². The Morgan fingerprint density at radius 2 is 1.90 bits per heavy atom. The van der Waals surface area contributed by atoms with Gasteiger partial charge in [0.25, 0.3) is 5.91 Å². The van der Waals surface area contributed by atoms with Gasteiger partial charge in [-0.3, -0.25) is 9.20 Å². The molecule has 3 aromatic rings. The number of carbonyl (C=O) groups is 1. The number of anilines is 2. The molecule has 1 fully saturated rings. The molecule has 29 heavy (non-hydrogen) atoms. The van der Waals surface area contributed by atoms with E-state index in [1.165, 1.54) is 15.5 Å². The number of fused-ring (bicyclic) bond motifs is 2. The smallest absolute Gasteiger partial charge is 0.350 e. The third-order valence-electron chi connectivity index (χ3n) is 5.68. The van der Waals surface area contributed by atoms with Gasteiger partial charge in [0.05, 0.1) is 12.2 Å². The molecule has 0 bridgehead atoms. The number of rotatable bonds is 2. The summed E-state index contributed by atoms with van der Waals surface area (Å²) in [5.41, 5.74) is 2.94. The largest absolute Gasteiger partial charge is 0.490 e. The monoisotopic (exact) mass is 393 g/mol. The maximum absolute atomic E-state index is 12.8. The fourth-order valence-corrected chi connectivity index (χ4v) is 4.14. The van der Waals surface area contributed by atoms with E-state index in [9.17, 15) is 9.59 Å². The van der Waals surface area contributed by atoms with E-state index in [-0.39, 0.29) is 11.6 Å². The van der Waals surface area contributed by atoms with E-state index in [1.807, 2.05) is 35.2 Å². The maximum atomic E-state index is 12.8. The third-order valence-corrected chi connectivity index (χ3v) is 5.68. The molecule has 2 aliphatic heterocycles. The molecule has 2 aliphatic rings. The van der Waals surface area contributed by atoms with Crippen molar-refractivity contribution in [1.29, 1.82) is 0 Å². The highest BCUT2D eigenvalue weighted by Crippen LogP contribution is 2.37. The molecule has 150 valence electrons. The summed E-state index contributed by atoms with van der Waals surface area (Å²) in [5, 5.41) is 4.27. The summed E-state index contributed by atoms with van der Waals surface area (Å²) in [6, 6.07) is 9.46. The van der Waals surface area contributed by atoms with Crippen LogP contribution in [0, 0.1) is 0 Å². The summed E-state index contributed by atoms with van der Waals surface area (Å²) in [5.74, 6) is 0.778. The van der Waals surface area contributed by atoms with Gasteiger partial charge in [-0.1, -0.05) is 0 Å². The molecule has 0 unspecified atom stereocenters. The van der Waals surface area contributed by atoms with Gasteiger partial charge >= 0.3 is 5.69 Å². The topological polar surface area (TPSA) is 72.1 Å². The van der Waals surface area contributed by atoms with Crippen molar-refractivity contribution in [3.8, 4) is 5.75 Å². The van der Waals surface area contributed by atoms with Gasteiger partial charge in [0.1, 0.15) is 12.4 Å². The summed E-state index contributed by atoms with van der Waals surface area (Å²) in [6.07, 6.45) is 5.07. The fourth-order valence-electron chi connectivity index (χ4n) is 4.14. The molecule has 0 N–H and O–H groups in total. The number of benzene rings is 1. The van der Waals surface area contributed by atoms with E-state index in [4.69, 9.17) is 4.74 Å². The number of likely N-dealkylation sites (tertiary alicyclic amines) is 1. The van der Waals surface area contributed by atoms with Crippen LogP contribution >= 0.6 is 0 Å². The number of piperidine rings is 1. The molecule has 0 atom stereocenters. The minimum absolute atomic E-state index is 0.0718. The molecule has 1 aromatic carbocycles. The average molecular weight is 393 g/mol. The molecule has 1 amide bonds. The maximum Gasteiger partial charge on any atom is 0.350 e. The molecule has 8 nitrogen and oxygen atoms in total. The number of amides is 1. The highest BCUT2D eigenvalue weighted by molar-refractivity contribution is 5.95. The molecular formula is C21H23N5O3. The quantitative estimate of drug-likeness (QED) is 0.667. The first-order valence-electron chi connectivity index (χ1n) is 10.0. The van der Waals surface area contributed by atoms with Crippen molar-refractivity contribution in [3.05, 3.63) is 52.6 Å². The normalized spacial score (nSPS) is 16.6. The van der Waals surface area contributed by atoms with Gasteiger partial charge in [-0.2, -0.15) is 5.10 Å². The average Bonchev–Trinajstić information content (AvgIpc) is 3.06. The van der Waals surface area contributed by atoms with Crippen LogP contribution in [0.15, 0.2) is 41.3 Å². The zero-order valence-corrected chi connectivity index (χ0v) is 16.4. The third kappa shape index (κ3) is 3.04. The first-order chi connectivity index (χ1) is 14.1. The second-order valence-electron chi connectivity index (χ2n) is 7.55. The molecule has 0 spiro atoms. The highest BCUT2D eigenvalue weighted by atomic mass is 16.5. The van der Waals surface area contributed by atoms with Gasteiger partial charge in [-0.15, -0.1) is 0 Å². The molecule has 1 saturated heterocycles. The summed E-state index contributed by atoms with van der Waals surface area (Å²) in [7, 11) is 1.64. The van der Waals surface area contributed by atoms with E-state index in [1.54, 1.807) is 13.2 Å². The predicted octanol–water partition coefficient (Wildman–Crippen LogP) is 2.19. The fraction of sp³-hybridized carbons (Fsp3) is 0.381. The molecule has 5 rings (SSSR count). The van der Waals surface area contributed by atoms with Gasteiger partial charge in [-0.25, -0.2) is 9.48 Å². The van der Waals surface area contributed by atoms with Crippen LogP contribution in [-0.2, 0) is 7.05 Å². The first kappa shape index (κ1) is 17.8. The van der Waals surface area contributed by atoms with Crippen molar-refractivity contribution in [2.24, 2.45) is 7.05 Å². The molecule has 0 aliphatic carbocycles. The number of pyridine rings is 1. The van der Waals surface area contributed by atoms with Crippen LogP contribution in [0.3, 0.4) is 0 Å². The van der Waals surface area contributed by atoms with Crippen molar-refractivity contribution in [2.75, 3.05) is 31.1 Å². The Hall–Kier alpha value is -3.29. The molecule has 0 radical (unpaired) electrons. The lowest BCUT2D eigenvalue weighted by Gasteiger charge is -2.32. The van der Waals surface area contributed by atoms with Crippen LogP contribution in [0.4, 0.5) is 11.4 Å². The van der Waals surface area contributed by atoms with Crippen LogP contribution < -0.4 is 15.3 Å². The van der Waals surface area contributed by atoms with Gasteiger partial charge in [0.2, 0.25) is 0 Å². The predicted molar refractivity (Wildman–Crippen MR) is 109 cm³/mol. The Balaban J connectivity index is 1.48. The number of nitrogens with zero attached hydrogens (tertiary/aromatic N) is 5. The number of aryl methyl sites for hydroxylation is 1. The van der Waals surface area contributed by atoms with Crippen molar-refractivity contribution < 1.29 is 9.53 Å². The number of hydrogen-bond donors (Lipinski definition) is 0. The molecular weight excluding hydrogens is 370 g/mol. The summed E-state index contributed by atoms with van der Waals surface area (Å²) in [4.78, 5) is 28.9. The summed E-state index contributed by atoms with van der Waals surface area (Å²) < 4.78 is 8.72. The number of carbonyl (C=O) groups excluding carboxylic acids is 1. The minimum atomic E-state index is -0.171. The number of hydrogen-bond acceptors (Lipinski definition) is 5. The van der Waals surface area contributed by atoms with Crippen LogP contribution in [0.25, 0.3) is 5.65 Å². The van der Waals surface area contributed by atoms with E-state index in [2.05, 4.69) is 10.00 Å². The van der Waals surface area contributed by atoms with E-state index in [0.29, 0.717) is 30.1 Å². The van der Waals surface area contributed by atoms with Gasteiger partial charge in [0, 0.05) is 43.7 Å². The Bertz CT molecular complexity index is 1140. The Labute approximate surface area is 167 Å².